The molecule has 0 saturated heterocycles. The number of carbonyl (C=O) groups is 2. The Hall–Kier alpha value is -3.35. The summed E-state index contributed by atoms with van der Waals surface area (Å²) in [5.74, 6) is -0.214. The standard InChI is InChI=1S/C19H15N3O4/c20-17-16-12(18(24)21-19(16)25)8-15(23)22(17)9-5-6-14-11(7-9)10-3-1-2-4-13(10)26-14/h5-8H,1-4,20H2,(H,21,24,25). The van der Waals surface area contributed by atoms with Crippen molar-refractivity contribution in [2.75, 3.05) is 5.73 Å². The molecule has 0 unspecified atom stereocenters. The lowest BCUT2D eigenvalue weighted by Crippen LogP contribution is -2.24. The van der Waals surface area contributed by atoms with Gasteiger partial charge >= 0.3 is 0 Å². The first-order chi connectivity index (χ1) is 12.5. The quantitative estimate of drug-likeness (QED) is 0.653. The number of rotatable bonds is 1. The fourth-order valence-corrected chi connectivity index (χ4v) is 3.94. The van der Waals surface area contributed by atoms with E-state index in [0.29, 0.717) is 5.69 Å². The van der Waals surface area contributed by atoms with Gasteiger partial charge in [-0.15, -0.1) is 0 Å². The number of aryl methyl sites for hydroxylation is 2. The highest BCUT2D eigenvalue weighted by molar-refractivity contribution is 6.23. The second kappa shape index (κ2) is 5.08. The van der Waals surface area contributed by atoms with E-state index in [-0.39, 0.29) is 16.9 Å². The summed E-state index contributed by atoms with van der Waals surface area (Å²) in [6, 6.07) is 6.56. The molecule has 1 aliphatic heterocycles. The van der Waals surface area contributed by atoms with Crippen molar-refractivity contribution in [3.63, 3.8) is 0 Å². The number of nitrogens with two attached hydrogens (primary N) is 1. The Morgan fingerprint density at radius 1 is 1.04 bits per heavy atom. The molecule has 3 heterocycles. The number of pyridine rings is 1. The maximum Gasteiger partial charge on any atom is 0.262 e. The van der Waals surface area contributed by atoms with Crippen molar-refractivity contribution in [3.8, 4) is 5.69 Å². The van der Waals surface area contributed by atoms with Gasteiger partial charge in [-0.25, -0.2) is 0 Å². The number of aromatic nitrogens is 1. The van der Waals surface area contributed by atoms with Crippen molar-refractivity contribution < 1.29 is 14.0 Å². The van der Waals surface area contributed by atoms with Crippen molar-refractivity contribution in [3.05, 3.63) is 57.1 Å². The molecule has 3 aromatic rings. The van der Waals surface area contributed by atoms with Crippen molar-refractivity contribution in [1.82, 2.24) is 9.88 Å². The van der Waals surface area contributed by atoms with Crippen LogP contribution in [0.15, 0.2) is 33.5 Å². The zero-order valence-corrected chi connectivity index (χ0v) is 13.8. The molecule has 0 spiro atoms. The van der Waals surface area contributed by atoms with E-state index < -0.39 is 17.4 Å². The van der Waals surface area contributed by atoms with Gasteiger partial charge in [0.05, 0.1) is 16.8 Å². The number of nitrogen functional groups attached to an aromatic ring is 1. The van der Waals surface area contributed by atoms with Crippen LogP contribution >= 0.6 is 0 Å². The van der Waals surface area contributed by atoms with E-state index in [4.69, 9.17) is 10.2 Å². The van der Waals surface area contributed by atoms with E-state index in [2.05, 4.69) is 5.32 Å². The van der Waals surface area contributed by atoms with Crippen LogP contribution in [0.5, 0.6) is 0 Å². The molecule has 1 aliphatic carbocycles. The molecule has 2 aliphatic rings. The molecular formula is C19H15N3O4. The van der Waals surface area contributed by atoms with Gasteiger partial charge in [0.1, 0.15) is 17.2 Å². The van der Waals surface area contributed by atoms with Crippen LogP contribution in [0.1, 0.15) is 44.9 Å². The monoisotopic (exact) mass is 349 g/mol. The van der Waals surface area contributed by atoms with Crippen molar-refractivity contribution in [2.24, 2.45) is 0 Å². The summed E-state index contributed by atoms with van der Waals surface area (Å²) >= 11 is 0. The lowest BCUT2D eigenvalue weighted by atomic mass is 9.96. The third-order valence-electron chi connectivity index (χ3n) is 5.15. The molecule has 0 saturated carbocycles. The maximum atomic E-state index is 12.6. The highest BCUT2D eigenvalue weighted by Gasteiger charge is 2.32. The van der Waals surface area contributed by atoms with E-state index in [1.807, 2.05) is 12.1 Å². The Bertz CT molecular complexity index is 1190. The zero-order valence-electron chi connectivity index (χ0n) is 13.8. The Kier molecular flexibility index (Phi) is 2.92. The van der Waals surface area contributed by atoms with Crippen LogP contribution < -0.4 is 16.6 Å². The molecule has 5 rings (SSSR count). The predicted octanol–water partition coefficient (Wildman–Crippen LogP) is 1.93. The van der Waals surface area contributed by atoms with E-state index >= 15 is 0 Å². The van der Waals surface area contributed by atoms with Gasteiger partial charge in [0.15, 0.2) is 0 Å². The number of fused-ring (bicyclic) bond motifs is 4. The van der Waals surface area contributed by atoms with Crippen LogP contribution in [0.25, 0.3) is 16.7 Å². The van der Waals surface area contributed by atoms with Crippen LogP contribution in [-0.4, -0.2) is 16.4 Å². The Labute approximate surface area is 147 Å². The van der Waals surface area contributed by atoms with Crippen LogP contribution in [0.2, 0.25) is 0 Å². The fraction of sp³-hybridized carbons (Fsp3) is 0.211. The van der Waals surface area contributed by atoms with Gasteiger partial charge in [-0.2, -0.15) is 0 Å². The van der Waals surface area contributed by atoms with Gasteiger partial charge in [-0.1, -0.05) is 0 Å². The smallest absolute Gasteiger partial charge is 0.262 e. The van der Waals surface area contributed by atoms with Gasteiger partial charge in [-0.05, 0) is 37.5 Å². The van der Waals surface area contributed by atoms with E-state index in [1.165, 1.54) is 10.1 Å². The summed E-state index contributed by atoms with van der Waals surface area (Å²) < 4.78 is 7.18. The zero-order chi connectivity index (χ0) is 18.0. The highest BCUT2D eigenvalue weighted by Crippen LogP contribution is 2.33. The first-order valence-electron chi connectivity index (χ1n) is 8.50. The fourth-order valence-electron chi connectivity index (χ4n) is 3.94. The lowest BCUT2D eigenvalue weighted by Gasteiger charge is -2.12. The lowest BCUT2D eigenvalue weighted by molar-refractivity contribution is 0.0880. The molecule has 2 amide bonds. The van der Waals surface area contributed by atoms with Crippen molar-refractivity contribution >= 4 is 28.6 Å². The third-order valence-corrected chi connectivity index (χ3v) is 5.15. The van der Waals surface area contributed by atoms with Crippen molar-refractivity contribution in [2.45, 2.75) is 25.7 Å². The van der Waals surface area contributed by atoms with Gasteiger partial charge in [-0.3, -0.25) is 24.3 Å². The second-order valence-corrected chi connectivity index (χ2v) is 6.67. The number of nitrogens with zero attached hydrogens (tertiary/aromatic N) is 1. The molecule has 0 fully saturated rings. The Morgan fingerprint density at radius 3 is 2.69 bits per heavy atom. The molecule has 0 radical (unpaired) electrons. The molecule has 7 heteroatoms. The first kappa shape index (κ1) is 14.9. The van der Waals surface area contributed by atoms with Gasteiger partial charge in [0.25, 0.3) is 17.4 Å². The first-order valence-corrected chi connectivity index (χ1v) is 8.50. The third kappa shape index (κ3) is 1.91. The van der Waals surface area contributed by atoms with E-state index in [0.717, 1.165) is 48.5 Å². The molecule has 1 aromatic carbocycles. The number of carbonyl (C=O) groups excluding carboxylic acids is 2. The average Bonchev–Trinajstić information content (AvgIpc) is 3.12. The molecule has 2 aromatic heterocycles. The van der Waals surface area contributed by atoms with Crippen LogP contribution in [0, 0.1) is 0 Å². The molecule has 0 atom stereocenters. The number of benzene rings is 1. The summed E-state index contributed by atoms with van der Waals surface area (Å²) in [4.78, 5) is 36.4. The van der Waals surface area contributed by atoms with Crippen LogP contribution in [0.3, 0.4) is 0 Å². The van der Waals surface area contributed by atoms with E-state index in [9.17, 15) is 14.4 Å². The van der Waals surface area contributed by atoms with E-state index in [1.54, 1.807) is 6.07 Å². The maximum absolute atomic E-state index is 12.6. The predicted molar refractivity (Wildman–Crippen MR) is 94.7 cm³/mol. The number of hydrogen-bond acceptors (Lipinski definition) is 5. The molecule has 0 bridgehead atoms. The average molecular weight is 349 g/mol. The number of imide groups is 1. The highest BCUT2D eigenvalue weighted by atomic mass is 16.3. The Balaban J connectivity index is 1.76. The molecule has 3 N–H and O–H groups in total. The Morgan fingerprint density at radius 2 is 1.85 bits per heavy atom. The number of hydrogen-bond donors (Lipinski definition) is 2. The molecular weight excluding hydrogens is 334 g/mol. The summed E-state index contributed by atoms with van der Waals surface area (Å²) in [5, 5.41) is 3.13. The minimum absolute atomic E-state index is 0.0236. The van der Waals surface area contributed by atoms with Crippen molar-refractivity contribution in [1.29, 1.82) is 0 Å². The van der Waals surface area contributed by atoms with Gasteiger partial charge < -0.3 is 10.2 Å². The molecule has 130 valence electrons. The number of anilines is 1. The SMILES string of the molecule is Nc1c2c(cc(=O)n1-c1ccc3oc4c(c3c1)CCCC4)C(=O)NC2=O. The van der Waals surface area contributed by atoms with Gasteiger partial charge in [0.2, 0.25) is 0 Å². The number of amides is 2. The summed E-state index contributed by atoms with van der Waals surface area (Å²) in [5.41, 5.74) is 8.22. The minimum Gasteiger partial charge on any atom is -0.461 e. The largest absolute Gasteiger partial charge is 0.461 e. The normalized spacial score (nSPS) is 15.8. The number of furan rings is 1. The summed E-state index contributed by atoms with van der Waals surface area (Å²) in [6.45, 7) is 0. The molecule has 26 heavy (non-hydrogen) atoms. The van der Waals surface area contributed by atoms with Crippen LogP contribution in [-0.2, 0) is 12.8 Å². The van der Waals surface area contributed by atoms with Gasteiger partial charge in [0, 0.05) is 23.4 Å². The summed E-state index contributed by atoms with van der Waals surface area (Å²) in [6.07, 6.45) is 4.08. The number of nitrogens with one attached hydrogen (secondary N) is 1. The molecule has 7 nitrogen and oxygen atoms in total. The topological polar surface area (TPSA) is 107 Å². The minimum atomic E-state index is -0.597. The summed E-state index contributed by atoms with van der Waals surface area (Å²) in [7, 11) is 0. The van der Waals surface area contributed by atoms with Crippen LogP contribution in [0.4, 0.5) is 5.82 Å². The second-order valence-electron chi connectivity index (χ2n) is 6.67.